The topological polar surface area (TPSA) is 38.3 Å². The number of hydrogen-bond donors (Lipinski definition) is 0. The molecule has 0 spiro atoms. The number of nitrogens with zero attached hydrogens (tertiary/aromatic N) is 3. The fourth-order valence-corrected chi connectivity index (χ4v) is 3.32. The summed E-state index contributed by atoms with van der Waals surface area (Å²) in [5.74, 6) is 2.62. The third kappa shape index (κ3) is 2.45. The first-order valence-electron chi connectivity index (χ1n) is 6.67. The van der Waals surface area contributed by atoms with E-state index in [4.69, 9.17) is 4.74 Å². The minimum atomic E-state index is 0.800. The highest BCUT2D eigenvalue weighted by Gasteiger charge is 2.15. The van der Waals surface area contributed by atoms with E-state index >= 15 is 0 Å². The summed E-state index contributed by atoms with van der Waals surface area (Å²) in [6.45, 7) is 1.93. The van der Waals surface area contributed by atoms with E-state index in [1.807, 2.05) is 38.1 Å². The lowest BCUT2D eigenvalue weighted by atomic mass is 10.1. The maximum atomic E-state index is 5.22. The van der Waals surface area contributed by atoms with Gasteiger partial charge in [-0.15, -0.1) is 11.3 Å². The fraction of sp³-hybridized carbons (Fsp3) is 0.250. The van der Waals surface area contributed by atoms with Crippen LogP contribution in [0.5, 0.6) is 5.75 Å². The Morgan fingerprint density at radius 1 is 1.10 bits per heavy atom. The lowest BCUT2D eigenvalue weighted by molar-refractivity contribution is 0.415. The van der Waals surface area contributed by atoms with Gasteiger partial charge in [0.05, 0.1) is 12.5 Å². The van der Waals surface area contributed by atoms with Crippen molar-refractivity contribution in [1.29, 1.82) is 0 Å². The first kappa shape index (κ1) is 13.8. The Bertz CT molecular complexity index is 778. The van der Waals surface area contributed by atoms with Gasteiger partial charge in [-0.2, -0.15) is 0 Å². The van der Waals surface area contributed by atoms with Crippen molar-refractivity contribution < 1.29 is 4.74 Å². The van der Waals surface area contributed by atoms with Crippen LogP contribution in [0.1, 0.15) is 5.82 Å². The number of hydrogen-bond acceptors (Lipinski definition) is 5. The number of ether oxygens (including phenoxy) is 1. The van der Waals surface area contributed by atoms with Crippen molar-refractivity contribution in [2.75, 3.05) is 26.1 Å². The average molecular weight is 299 g/mol. The number of thiophene rings is 1. The molecule has 1 aromatic carbocycles. The quantitative estimate of drug-likeness (QED) is 0.738. The molecule has 0 radical (unpaired) electrons. The van der Waals surface area contributed by atoms with Crippen LogP contribution in [0.25, 0.3) is 21.3 Å². The van der Waals surface area contributed by atoms with Crippen LogP contribution in [0.2, 0.25) is 0 Å². The zero-order chi connectivity index (χ0) is 15.0. The lowest BCUT2D eigenvalue weighted by Crippen LogP contribution is -2.12. The van der Waals surface area contributed by atoms with Gasteiger partial charge in [-0.3, -0.25) is 0 Å². The second kappa shape index (κ2) is 5.33. The van der Waals surface area contributed by atoms with Crippen LogP contribution in [0.15, 0.2) is 29.6 Å². The normalized spacial score (nSPS) is 10.9. The lowest BCUT2D eigenvalue weighted by Gasteiger charge is -2.14. The fourth-order valence-electron chi connectivity index (χ4n) is 2.33. The van der Waals surface area contributed by atoms with Crippen LogP contribution < -0.4 is 9.64 Å². The van der Waals surface area contributed by atoms with Crippen LogP contribution in [-0.2, 0) is 0 Å². The molecule has 0 saturated carbocycles. The summed E-state index contributed by atoms with van der Waals surface area (Å²) >= 11 is 1.66. The molecule has 2 aromatic heterocycles. The van der Waals surface area contributed by atoms with Crippen LogP contribution in [0.4, 0.5) is 5.82 Å². The molecule has 0 atom stereocenters. The van der Waals surface area contributed by atoms with E-state index < -0.39 is 0 Å². The molecule has 2 heterocycles. The standard InChI is InChI=1S/C16H17N3OS/c1-10-17-15(19(2)3)14-13(9-21-16(14)18-10)11-5-7-12(20-4)8-6-11/h5-9H,1-4H3. The minimum absolute atomic E-state index is 0.800. The summed E-state index contributed by atoms with van der Waals surface area (Å²) in [5, 5.41) is 3.26. The van der Waals surface area contributed by atoms with Crippen LogP contribution in [0.3, 0.4) is 0 Å². The van der Waals surface area contributed by atoms with Crippen molar-refractivity contribution in [3.05, 3.63) is 35.5 Å². The monoisotopic (exact) mass is 299 g/mol. The number of aromatic nitrogens is 2. The molecule has 108 valence electrons. The second-order valence-electron chi connectivity index (χ2n) is 5.05. The van der Waals surface area contributed by atoms with Gasteiger partial charge >= 0.3 is 0 Å². The summed E-state index contributed by atoms with van der Waals surface area (Å²) in [6.07, 6.45) is 0. The van der Waals surface area contributed by atoms with Gasteiger partial charge in [-0.1, -0.05) is 12.1 Å². The Labute approximate surface area is 128 Å². The summed E-state index contributed by atoms with van der Waals surface area (Å²) in [7, 11) is 5.70. The first-order chi connectivity index (χ1) is 10.1. The Hall–Kier alpha value is -2.14. The van der Waals surface area contributed by atoms with E-state index in [1.54, 1.807) is 18.4 Å². The zero-order valence-electron chi connectivity index (χ0n) is 12.5. The van der Waals surface area contributed by atoms with E-state index in [1.165, 1.54) is 5.56 Å². The van der Waals surface area contributed by atoms with Gasteiger partial charge in [-0.05, 0) is 24.6 Å². The Morgan fingerprint density at radius 3 is 2.43 bits per heavy atom. The molecular formula is C16H17N3OS. The molecule has 0 unspecified atom stereocenters. The Balaban J connectivity index is 2.22. The maximum Gasteiger partial charge on any atom is 0.141 e. The first-order valence-corrected chi connectivity index (χ1v) is 7.55. The highest BCUT2D eigenvalue weighted by Crippen LogP contribution is 2.38. The van der Waals surface area contributed by atoms with Crippen molar-refractivity contribution in [2.24, 2.45) is 0 Å². The number of aryl methyl sites for hydroxylation is 1. The highest BCUT2D eigenvalue weighted by molar-refractivity contribution is 7.17. The minimum Gasteiger partial charge on any atom is -0.497 e. The predicted octanol–water partition coefficient (Wildman–Crippen LogP) is 3.74. The van der Waals surface area contributed by atoms with Gasteiger partial charge in [0.2, 0.25) is 0 Å². The molecule has 0 fully saturated rings. The average Bonchev–Trinajstić information content (AvgIpc) is 2.90. The van der Waals surface area contributed by atoms with Crippen LogP contribution in [-0.4, -0.2) is 31.2 Å². The molecule has 0 amide bonds. The molecule has 0 aliphatic carbocycles. The molecule has 4 nitrogen and oxygen atoms in total. The van der Waals surface area contributed by atoms with Gasteiger partial charge in [0, 0.05) is 25.0 Å². The third-order valence-corrected chi connectivity index (χ3v) is 4.22. The Morgan fingerprint density at radius 2 is 1.81 bits per heavy atom. The van der Waals surface area contributed by atoms with Crippen molar-refractivity contribution in [1.82, 2.24) is 9.97 Å². The van der Waals surface area contributed by atoms with E-state index in [-0.39, 0.29) is 0 Å². The SMILES string of the molecule is COc1ccc(-c2csc3nc(C)nc(N(C)C)c23)cc1. The molecule has 0 aliphatic rings. The molecule has 3 rings (SSSR count). The highest BCUT2D eigenvalue weighted by atomic mass is 32.1. The van der Waals surface area contributed by atoms with Crippen molar-refractivity contribution in [3.63, 3.8) is 0 Å². The summed E-state index contributed by atoms with van der Waals surface area (Å²) in [5.41, 5.74) is 2.32. The maximum absolute atomic E-state index is 5.22. The number of rotatable bonds is 3. The smallest absolute Gasteiger partial charge is 0.141 e. The molecule has 0 N–H and O–H groups in total. The molecule has 0 saturated heterocycles. The van der Waals surface area contributed by atoms with E-state index in [9.17, 15) is 0 Å². The molecule has 0 bridgehead atoms. The van der Waals surface area contributed by atoms with E-state index in [0.29, 0.717) is 0 Å². The van der Waals surface area contributed by atoms with Gasteiger partial charge in [0.25, 0.3) is 0 Å². The predicted molar refractivity (Wildman–Crippen MR) is 88.5 cm³/mol. The van der Waals surface area contributed by atoms with Gasteiger partial charge in [0.15, 0.2) is 0 Å². The molecule has 5 heteroatoms. The van der Waals surface area contributed by atoms with Crippen molar-refractivity contribution >= 4 is 27.4 Å². The summed E-state index contributed by atoms with van der Waals surface area (Å²) < 4.78 is 5.22. The van der Waals surface area contributed by atoms with Crippen LogP contribution >= 0.6 is 11.3 Å². The van der Waals surface area contributed by atoms with Gasteiger partial charge in [-0.25, -0.2) is 9.97 Å². The Kier molecular flexibility index (Phi) is 3.51. The number of benzene rings is 1. The number of anilines is 1. The van der Waals surface area contributed by atoms with Gasteiger partial charge < -0.3 is 9.64 Å². The summed E-state index contributed by atoms with van der Waals surface area (Å²) in [6, 6.07) is 8.09. The summed E-state index contributed by atoms with van der Waals surface area (Å²) in [4.78, 5) is 12.2. The van der Waals surface area contributed by atoms with Crippen molar-refractivity contribution in [2.45, 2.75) is 6.92 Å². The van der Waals surface area contributed by atoms with E-state index in [2.05, 4.69) is 27.5 Å². The third-order valence-electron chi connectivity index (χ3n) is 3.35. The molecule has 21 heavy (non-hydrogen) atoms. The number of fused-ring (bicyclic) bond motifs is 1. The number of methoxy groups -OCH3 is 1. The van der Waals surface area contributed by atoms with Crippen LogP contribution in [0, 0.1) is 6.92 Å². The zero-order valence-corrected chi connectivity index (χ0v) is 13.4. The molecule has 0 aliphatic heterocycles. The molecule has 3 aromatic rings. The van der Waals surface area contributed by atoms with Crippen molar-refractivity contribution in [3.8, 4) is 16.9 Å². The largest absolute Gasteiger partial charge is 0.497 e. The second-order valence-corrected chi connectivity index (χ2v) is 5.90. The van der Waals surface area contributed by atoms with Gasteiger partial charge in [0.1, 0.15) is 22.2 Å². The van der Waals surface area contributed by atoms with E-state index in [0.717, 1.165) is 33.2 Å². The molecular weight excluding hydrogens is 282 g/mol.